The maximum Gasteiger partial charge on any atom is 0.131 e. The van der Waals surface area contributed by atoms with Crippen LogP contribution in [0.4, 0.5) is 5.69 Å². The Balaban J connectivity index is 0.00000145. The smallest absolute Gasteiger partial charge is 0.131 e. The van der Waals surface area contributed by atoms with Crippen molar-refractivity contribution in [2.45, 2.75) is 6.17 Å². The van der Waals surface area contributed by atoms with Gasteiger partial charge in [0.1, 0.15) is 18.8 Å². The van der Waals surface area contributed by atoms with Gasteiger partial charge < -0.3 is 15.0 Å². The standard InChI is InChI=1S/C22H23N5.CH2O/c1-24-21(20-8-5-13-27(3)22(20)25-2)26-19-11-9-17(10-12-19)18-7-4-6-16(14-18)15-23;1-2/h4-14,22,25H,1-3H3,(H,24,26);1H2. The Kier molecular flexibility index (Phi) is 7.89. The molecule has 0 spiro atoms. The van der Waals surface area contributed by atoms with Gasteiger partial charge in [-0.05, 0) is 48.5 Å². The number of allylic oxidation sites excluding steroid dienone is 2. The van der Waals surface area contributed by atoms with Crippen LogP contribution in [0.3, 0.4) is 0 Å². The van der Waals surface area contributed by atoms with Gasteiger partial charge >= 0.3 is 0 Å². The van der Waals surface area contributed by atoms with Crippen LogP contribution in [-0.4, -0.2) is 44.8 Å². The molecule has 29 heavy (non-hydrogen) atoms. The molecule has 2 aromatic rings. The number of carbonyl (C=O) groups excluding carboxylic acids is 1. The first-order valence-electron chi connectivity index (χ1n) is 9.07. The van der Waals surface area contributed by atoms with E-state index in [2.05, 4.69) is 32.7 Å². The van der Waals surface area contributed by atoms with E-state index in [0.29, 0.717) is 5.56 Å². The zero-order valence-corrected chi connectivity index (χ0v) is 16.9. The van der Waals surface area contributed by atoms with Crippen LogP contribution in [0.2, 0.25) is 0 Å². The fraction of sp³-hybridized carbons (Fsp3) is 0.174. The maximum absolute atomic E-state index is 9.07. The normalized spacial score (nSPS) is 15.7. The molecule has 0 amide bonds. The number of nitrogens with one attached hydrogen (secondary N) is 2. The Bertz CT molecular complexity index is 954. The van der Waals surface area contributed by atoms with Crippen molar-refractivity contribution in [2.75, 3.05) is 26.5 Å². The lowest BCUT2D eigenvalue weighted by atomic mass is 10.0. The van der Waals surface area contributed by atoms with Gasteiger partial charge in [0.25, 0.3) is 0 Å². The molecule has 2 N–H and O–H groups in total. The highest BCUT2D eigenvalue weighted by Gasteiger charge is 2.21. The van der Waals surface area contributed by atoms with Crippen molar-refractivity contribution in [3.63, 3.8) is 0 Å². The van der Waals surface area contributed by atoms with Crippen LogP contribution in [0.5, 0.6) is 0 Å². The molecule has 2 aromatic carbocycles. The molecule has 3 rings (SSSR count). The van der Waals surface area contributed by atoms with Gasteiger partial charge in [-0.25, -0.2) is 0 Å². The highest BCUT2D eigenvalue weighted by molar-refractivity contribution is 6.09. The molecule has 0 aliphatic carbocycles. The second kappa shape index (κ2) is 10.6. The molecule has 0 radical (unpaired) electrons. The summed E-state index contributed by atoms with van der Waals surface area (Å²) in [5, 5.41) is 15.8. The molecule has 0 saturated carbocycles. The van der Waals surface area contributed by atoms with Crippen molar-refractivity contribution >= 4 is 18.3 Å². The number of hydrogen-bond donors (Lipinski definition) is 2. The minimum Gasteiger partial charge on any atom is -0.361 e. The summed E-state index contributed by atoms with van der Waals surface area (Å²) in [6.07, 6.45) is 6.18. The molecular formula is C23H25N5O. The number of carbonyl (C=O) groups is 1. The van der Waals surface area contributed by atoms with Gasteiger partial charge in [0.2, 0.25) is 0 Å². The van der Waals surface area contributed by atoms with Crippen molar-refractivity contribution < 1.29 is 4.79 Å². The largest absolute Gasteiger partial charge is 0.361 e. The van der Waals surface area contributed by atoms with E-state index in [0.717, 1.165) is 28.2 Å². The lowest BCUT2D eigenvalue weighted by Gasteiger charge is -2.31. The molecule has 1 atom stereocenters. The Labute approximate surface area is 171 Å². The van der Waals surface area contributed by atoms with Crippen LogP contribution >= 0.6 is 0 Å². The molecule has 1 aliphatic rings. The molecule has 6 heteroatoms. The number of hydrogen-bond acceptors (Lipinski definition) is 5. The summed E-state index contributed by atoms with van der Waals surface area (Å²) in [7, 11) is 5.75. The minimum atomic E-state index is 0.0641. The zero-order chi connectivity index (χ0) is 21.2. The Hall–Kier alpha value is -3.69. The Morgan fingerprint density at radius 1 is 1.17 bits per heavy atom. The number of nitriles is 1. The number of likely N-dealkylation sites (N-methyl/N-ethyl adjacent to an activating group) is 2. The quantitative estimate of drug-likeness (QED) is 0.621. The third-order valence-corrected chi connectivity index (χ3v) is 4.54. The van der Waals surface area contributed by atoms with E-state index in [1.54, 1.807) is 7.05 Å². The van der Waals surface area contributed by atoms with E-state index in [9.17, 15) is 0 Å². The maximum atomic E-state index is 9.07. The Morgan fingerprint density at radius 3 is 2.52 bits per heavy atom. The SMILES string of the molecule is C=O.CN=C(Nc1ccc(-c2cccc(C#N)c2)cc1)C1=CC=CN(C)C1NC. The number of rotatable bonds is 4. The zero-order valence-electron chi connectivity index (χ0n) is 16.9. The molecule has 148 valence electrons. The fourth-order valence-corrected chi connectivity index (χ4v) is 3.15. The Morgan fingerprint density at radius 2 is 1.90 bits per heavy atom. The minimum absolute atomic E-state index is 0.0641. The van der Waals surface area contributed by atoms with Crippen LogP contribution in [0.1, 0.15) is 5.56 Å². The first kappa shape index (κ1) is 21.6. The van der Waals surface area contributed by atoms with Crippen LogP contribution in [0, 0.1) is 11.3 Å². The summed E-state index contributed by atoms with van der Waals surface area (Å²) in [6, 6.07) is 17.9. The third-order valence-electron chi connectivity index (χ3n) is 4.54. The highest BCUT2D eigenvalue weighted by atomic mass is 16.1. The number of benzene rings is 2. The van der Waals surface area contributed by atoms with Gasteiger partial charge in [-0.15, -0.1) is 0 Å². The molecule has 1 aliphatic heterocycles. The van der Waals surface area contributed by atoms with Gasteiger partial charge in [-0.1, -0.05) is 30.3 Å². The van der Waals surface area contributed by atoms with E-state index in [4.69, 9.17) is 10.1 Å². The van der Waals surface area contributed by atoms with E-state index in [1.165, 1.54) is 0 Å². The van der Waals surface area contributed by atoms with E-state index < -0.39 is 0 Å². The van der Waals surface area contributed by atoms with Gasteiger partial charge in [0.05, 0.1) is 11.6 Å². The van der Waals surface area contributed by atoms with E-state index >= 15 is 0 Å². The van der Waals surface area contributed by atoms with Crippen LogP contribution in [0.25, 0.3) is 11.1 Å². The molecule has 1 unspecified atom stereocenters. The summed E-state index contributed by atoms with van der Waals surface area (Å²) in [4.78, 5) is 14.5. The lowest BCUT2D eigenvalue weighted by Crippen LogP contribution is -2.44. The first-order chi connectivity index (χ1) is 14.2. The number of anilines is 1. The summed E-state index contributed by atoms with van der Waals surface area (Å²) in [5.41, 5.74) is 4.80. The molecule has 0 bridgehead atoms. The van der Waals surface area contributed by atoms with Crippen molar-refractivity contribution in [2.24, 2.45) is 4.99 Å². The van der Waals surface area contributed by atoms with Crippen molar-refractivity contribution in [3.8, 4) is 17.2 Å². The summed E-state index contributed by atoms with van der Waals surface area (Å²) in [6.45, 7) is 2.00. The van der Waals surface area contributed by atoms with Gasteiger partial charge in [0.15, 0.2) is 0 Å². The summed E-state index contributed by atoms with van der Waals surface area (Å²) in [5.74, 6) is 0.824. The second-order valence-corrected chi connectivity index (χ2v) is 6.29. The van der Waals surface area contributed by atoms with E-state index in [1.807, 2.05) is 81.7 Å². The molecule has 6 nitrogen and oxygen atoms in total. The number of nitrogens with zero attached hydrogens (tertiary/aromatic N) is 3. The first-order valence-corrected chi connectivity index (χ1v) is 9.07. The van der Waals surface area contributed by atoms with Crippen molar-refractivity contribution in [3.05, 3.63) is 78.0 Å². The molecule has 1 heterocycles. The summed E-state index contributed by atoms with van der Waals surface area (Å²) >= 11 is 0. The monoisotopic (exact) mass is 387 g/mol. The van der Waals surface area contributed by atoms with E-state index in [-0.39, 0.29) is 6.17 Å². The van der Waals surface area contributed by atoms with Crippen molar-refractivity contribution in [1.82, 2.24) is 10.2 Å². The van der Waals surface area contributed by atoms with Crippen molar-refractivity contribution in [1.29, 1.82) is 5.26 Å². The third kappa shape index (κ3) is 5.18. The average molecular weight is 387 g/mol. The molecule has 0 saturated heterocycles. The predicted octanol–water partition coefficient (Wildman–Crippen LogP) is 3.41. The number of aliphatic imine (C=N–C) groups is 1. The van der Waals surface area contributed by atoms with Gasteiger partial charge in [0, 0.05) is 31.6 Å². The lowest BCUT2D eigenvalue weighted by molar-refractivity contribution is -0.0979. The fourth-order valence-electron chi connectivity index (χ4n) is 3.15. The van der Waals surface area contributed by atoms with Gasteiger partial charge in [-0.3, -0.25) is 10.3 Å². The second-order valence-electron chi connectivity index (χ2n) is 6.29. The van der Waals surface area contributed by atoms with Crippen LogP contribution < -0.4 is 10.6 Å². The average Bonchev–Trinajstić information content (AvgIpc) is 2.79. The molecular weight excluding hydrogens is 362 g/mol. The molecule has 0 fully saturated rings. The van der Waals surface area contributed by atoms with Crippen LogP contribution in [0.15, 0.2) is 77.4 Å². The van der Waals surface area contributed by atoms with Crippen LogP contribution in [-0.2, 0) is 4.79 Å². The predicted molar refractivity (Wildman–Crippen MR) is 119 cm³/mol. The number of amidine groups is 1. The highest BCUT2D eigenvalue weighted by Crippen LogP contribution is 2.23. The topological polar surface area (TPSA) is 80.5 Å². The summed E-state index contributed by atoms with van der Waals surface area (Å²) < 4.78 is 0. The molecule has 0 aromatic heterocycles. The van der Waals surface area contributed by atoms with Gasteiger partial charge in [-0.2, -0.15) is 5.26 Å².